The van der Waals surface area contributed by atoms with Gasteiger partial charge in [-0.3, -0.25) is 9.59 Å². The van der Waals surface area contributed by atoms with E-state index in [1.165, 1.54) is 13.5 Å². The van der Waals surface area contributed by atoms with Crippen molar-refractivity contribution < 1.29 is 24.2 Å². The second kappa shape index (κ2) is 11.6. The Labute approximate surface area is 240 Å². The molecule has 1 amide bonds. The molecule has 4 fully saturated rings. The van der Waals surface area contributed by atoms with Crippen molar-refractivity contribution in [3.05, 3.63) is 35.9 Å². The molecule has 6 nitrogen and oxygen atoms in total. The van der Waals surface area contributed by atoms with E-state index in [9.17, 15) is 19.5 Å². The molecule has 6 heteroatoms. The molecule has 0 bridgehead atoms. The number of ketones is 1. The van der Waals surface area contributed by atoms with Crippen LogP contribution in [0.2, 0.25) is 0 Å². The fourth-order valence-corrected chi connectivity index (χ4v) is 10.0. The van der Waals surface area contributed by atoms with Crippen molar-refractivity contribution in [2.75, 3.05) is 7.11 Å². The standard InChI is InChI=1S/C34H49NO5/c1-21(10-13-30(38)35-28(32(39)40-4)18-22-8-6-5-7-9-22)25-11-12-26-31-27(15-17-34(25,26)3)33(2)16-14-24(36)19-23(33)20-29(31)37/h5-9,21,23,25-29,31,37H,10-20H2,1-4H3,(H,35,38)/t21-,23+,25-,26+,27+,28+,29-,31+,33+,34-/m1/s1. The summed E-state index contributed by atoms with van der Waals surface area (Å²) < 4.78 is 4.97. The van der Waals surface area contributed by atoms with Crippen LogP contribution in [0.3, 0.4) is 0 Å². The molecule has 5 rings (SSSR count). The normalized spacial score (nSPS) is 38.4. The van der Waals surface area contributed by atoms with E-state index in [0.29, 0.717) is 67.0 Å². The molecular formula is C34H49NO5. The van der Waals surface area contributed by atoms with Crippen molar-refractivity contribution in [3.8, 4) is 0 Å². The van der Waals surface area contributed by atoms with Gasteiger partial charge in [-0.1, -0.05) is 51.1 Å². The number of aliphatic hydroxyl groups excluding tert-OH is 1. The second-order valence-corrected chi connectivity index (χ2v) is 14.1. The number of rotatable bonds is 8. The molecule has 1 aromatic carbocycles. The predicted octanol–water partition coefficient (Wildman–Crippen LogP) is 5.50. The van der Waals surface area contributed by atoms with Crippen LogP contribution in [-0.4, -0.2) is 42.0 Å². The third kappa shape index (κ3) is 5.37. The zero-order chi connectivity index (χ0) is 28.7. The van der Waals surface area contributed by atoms with Crippen LogP contribution >= 0.6 is 0 Å². The maximum absolute atomic E-state index is 13.0. The van der Waals surface area contributed by atoms with Crippen molar-refractivity contribution >= 4 is 17.7 Å². The Balaban J connectivity index is 1.21. The molecule has 2 N–H and O–H groups in total. The van der Waals surface area contributed by atoms with Gasteiger partial charge in [-0.05, 0) is 96.8 Å². The maximum Gasteiger partial charge on any atom is 0.328 e. The van der Waals surface area contributed by atoms with Gasteiger partial charge in [0.05, 0.1) is 13.2 Å². The van der Waals surface area contributed by atoms with Crippen molar-refractivity contribution in [2.45, 2.75) is 104 Å². The number of nitrogens with one attached hydrogen (secondary N) is 1. The number of amides is 1. The van der Waals surface area contributed by atoms with Gasteiger partial charge in [-0.2, -0.15) is 0 Å². The topological polar surface area (TPSA) is 92.7 Å². The third-order valence-corrected chi connectivity index (χ3v) is 12.2. The highest BCUT2D eigenvalue weighted by Crippen LogP contribution is 2.68. The van der Waals surface area contributed by atoms with Crippen LogP contribution in [0, 0.1) is 46.3 Å². The van der Waals surface area contributed by atoms with Crippen molar-refractivity contribution in [3.63, 3.8) is 0 Å². The Morgan fingerprint density at radius 2 is 1.80 bits per heavy atom. The number of carbonyl (C=O) groups is 3. The number of Topliss-reactive ketones (excluding diaryl/α,β-unsaturated/α-hetero) is 1. The van der Waals surface area contributed by atoms with Crippen molar-refractivity contribution in [1.82, 2.24) is 5.32 Å². The fraction of sp³-hybridized carbons (Fsp3) is 0.735. The number of fused-ring (bicyclic) bond motifs is 5. The summed E-state index contributed by atoms with van der Waals surface area (Å²) in [5.74, 6) is 2.45. The van der Waals surface area contributed by atoms with E-state index in [1.807, 2.05) is 30.3 Å². The Hall–Kier alpha value is -2.21. The van der Waals surface area contributed by atoms with Gasteiger partial charge in [0.1, 0.15) is 11.8 Å². The molecule has 0 aromatic heterocycles. The molecule has 0 unspecified atom stereocenters. The van der Waals surface area contributed by atoms with E-state index in [4.69, 9.17) is 4.74 Å². The van der Waals surface area contributed by atoms with Crippen LogP contribution in [0.4, 0.5) is 0 Å². The van der Waals surface area contributed by atoms with Crippen LogP contribution in [0.1, 0.15) is 90.5 Å². The van der Waals surface area contributed by atoms with Gasteiger partial charge in [0.15, 0.2) is 0 Å². The van der Waals surface area contributed by atoms with Gasteiger partial charge in [0.2, 0.25) is 5.91 Å². The van der Waals surface area contributed by atoms with Gasteiger partial charge in [0.25, 0.3) is 0 Å². The molecule has 4 saturated carbocycles. The first kappa shape index (κ1) is 29.3. The lowest BCUT2D eigenvalue weighted by molar-refractivity contribution is -0.168. The molecule has 0 aliphatic heterocycles. The molecule has 0 radical (unpaired) electrons. The minimum Gasteiger partial charge on any atom is -0.467 e. The van der Waals surface area contributed by atoms with Crippen LogP contribution in [-0.2, 0) is 25.5 Å². The monoisotopic (exact) mass is 551 g/mol. The number of benzene rings is 1. The van der Waals surface area contributed by atoms with Gasteiger partial charge in [0, 0.05) is 25.7 Å². The number of aliphatic hydroxyl groups is 1. The third-order valence-electron chi connectivity index (χ3n) is 12.2. The lowest BCUT2D eigenvalue weighted by Crippen LogP contribution is -2.58. The number of methoxy groups -OCH3 is 1. The van der Waals surface area contributed by atoms with Crippen LogP contribution < -0.4 is 5.32 Å². The molecule has 0 spiro atoms. The van der Waals surface area contributed by atoms with E-state index in [-0.39, 0.29) is 22.8 Å². The van der Waals surface area contributed by atoms with E-state index in [1.54, 1.807) is 0 Å². The molecule has 4 aliphatic carbocycles. The Kier molecular flexibility index (Phi) is 8.48. The number of esters is 1. The molecule has 4 aliphatic rings. The lowest BCUT2D eigenvalue weighted by atomic mass is 9.44. The fourth-order valence-electron chi connectivity index (χ4n) is 10.0. The molecular weight excluding hydrogens is 502 g/mol. The Morgan fingerprint density at radius 1 is 1.07 bits per heavy atom. The minimum atomic E-state index is -0.688. The zero-order valence-electron chi connectivity index (χ0n) is 24.9. The number of hydrogen-bond acceptors (Lipinski definition) is 5. The minimum absolute atomic E-state index is 0.102. The average molecular weight is 552 g/mol. The zero-order valence-corrected chi connectivity index (χ0v) is 24.9. The van der Waals surface area contributed by atoms with Crippen LogP contribution in [0.15, 0.2) is 30.3 Å². The first-order valence-corrected chi connectivity index (χ1v) is 15.7. The van der Waals surface area contributed by atoms with E-state index in [2.05, 4.69) is 26.1 Å². The summed E-state index contributed by atoms with van der Waals surface area (Å²) in [6.07, 6.45) is 9.02. The summed E-state index contributed by atoms with van der Waals surface area (Å²) in [5, 5.41) is 14.4. The summed E-state index contributed by atoms with van der Waals surface area (Å²) in [7, 11) is 1.36. The predicted molar refractivity (Wildman–Crippen MR) is 154 cm³/mol. The smallest absolute Gasteiger partial charge is 0.328 e. The van der Waals surface area contributed by atoms with Crippen LogP contribution in [0.25, 0.3) is 0 Å². The van der Waals surface area contributed by atoms with Crippen LogP contribution in [0.5, 0.6) is 0 Å². The molecule has 1 aromatic rings. The molecule has 10 atom stereocenters. The molecule has 40 heavy (non-hydrogen) atoms. The molecule has 220 valence electrons. The van der Waals surface area contributed by atoms with Gasteiger partial charge in [-0.15, -0.1) is 0 Å². The summed E-state index contributed by atoms with van der Waals surface area (Å²) in [4.78, 5) is 37.6. The number of ether oxygens (including phenoxy) is 1. The van der Waals surface area contributed by atoms with E-state index < -0.39 is 12.0 Å². The number of carbonyl (C=O) groups excluding carboxylic acids is 3. The SMILES string of the molecule is COC(=O)[C@H](Cc1ccccc1)NC(=O)CC[C@@H](C)[C@H]1CC[C@H]2[C@@H]3[C@H](O)C[C@@H]4CC(=O)CC[C@]4(C)[C@H]3CC[C@]12C. The Morgan fingerprint density at radius 3 is 2.52 bits per heavy atom. The summed E-state index contributed by atoms with van der Waals surface area (Å²) >= 11 is 0. The average Bonchev–Trinajstić information content (AvgIpc) is 3.29. The highest BCUT2D eigenvalue weighted by Gasteiger charge is 2.62. The van der Waals surface area contributed by atoms with E-state index >= 15 is 0 Å². The highest BCUT2D eigenvalue weighted by molar-refractivity contribution is 5.84. The summed E-state index contributed by atoms with van der Waals surface area (Å²) in [6.45, 7) is 7.17. The maximum atomic E-state index is 13.0. The molecule has 0 heterocycles. The second-order valence-electron chi connectivity index (χ2n) is 14.1. The van der Waals surface area contributed by atoms with Gasteiger partial charge >= 0.3 is 5.97 Å². The summed E-state index contributed by atoms with van der Waals surface area (Å²) in [5.41, 5.74) is 1.33. The largest absolute Gasteiger partial charge is 0.467 e. The Bertz CT molecular complexity index is 1090. The first-order valence-electron chi connectivity index (χ1n) is 15.7. The van der Waals surface area contributed by atoms with E-state index in [0.717, 1.165) is 44.1 Å². The summed E-state index contributed by atoms with van der Waals surface area (Å²) in [6, 6.07) is 9.00. The highest BCUT2D eigenvalue weighted by atomic mass is 16.5. The molecule has 0 saturated heterocycles. The quantitative estimate of drug-likeness (QED) is 0.416. The van der Waals surface area contributed by atoms with Crippen molar-refractivity contribution in [2.24, 2.45) is 46.3 Å². The van der Waals surface area contributed by atoms with Gasteiger partial charge < -0.3 is 15.2 Å². The van der Waals surface area contributed by atoms with Gasteiger partial charge in [-0.25, -0.2) is 4.79 Å². The number of hydrogen-bond donors (Lipinski definition) is 2. The lowest BCUT2D eigenvalue weighted by Gasteiger charge is -2.62. The van der Waals surface area contributed by atoms with Crippen molar-refractivity contribution in [1.29, 1.82) is 0 Å². The first-order chi connectivity index (χ1) is 19.1.